The van der Waals surface area contributed by atoms with Crippen LogP contribution >= 0.6 is 11.8 Å². The minimum atomic E-state index is -4.17. The molecule has 0 saturated heterocycles. The molecule has 8 nitrogen and oxygen atoms in total. The van der Waals surface area contributed by atoms with E-state index in [0.717, 1.165) is 11.8 Å². The highest BCUT2D eigenvalue weighted by Crippen LogP contribution is 2.30. The number of amides is 1. The van der Waals surface area contributed by atoms with Crippen LogP contribution in [0.25, 0.3) is 0 Å². The lowest BCUT2D eigenvalue weighted by molar-refractivity contribution is -0.139. The summed E-state index contributed by atoms with van der Waals surface area (Å²) in [7, 11) is -4.17. The molecule has 4 N–H and O–H groups in total. The normalized spacial score (nSPS) is 12.9. The molecule has 0 unspecified atom stereocenters. The van der Waals surface area contributed by atoms with Gasteiger partial charge in [-0.25, -0.2) is 12.8 Å². The van der Waals surface area contributed by atoms with Crippen molar-refractivity contribution in [1.82, 2.24) is 4.72 Å². The van der Waals surface area contributed by atoms with Crippen molar-refractivity contribution < 1.29 is 32.2 Å². The molecule has 2 aromatic rings. The zero-order valence-electron chi connectivity index (χ0n) is 16.9. The number of carboxylic acids is 1. The smallest absolute Gasteiger partial charge is 0.323 e. The maximum Gasteiger partial charge on any atom is 0.323 e. The Morgan fingerprint density at radius 3 is 2.13 bits per heavy atom. The van der Waals surface area contributed by atoms with E-state index in [2.05, 4.69) is 4.72 Å². The van der Waals surface area contributed by atoms with Gasteiger partial charge in [0.2, 0.25) is 15.9 Å². The van der Waals surface area contributed by atoms with Crippen molar-refractivity contribution >= 4 is 33.7 Å². The molecule has 0 saturated carbocycles. The van der Waals surface area contributed by atoms with Crippen molar-refractivity contribution in [3.05, 3.63) is 54.3 Å². The van der Waals surface area contributed by atoms with Crippen molar-refractivity contribution in [3.8, 4) is 11.5 Å². The van der Waals surface area contributed by atoms with Gasteiger partial charge in [0, 0.05) is 16.9 Å². The van der Waals surface area contributed by atoms with E-state index in [4.69, 9.17) is 10.5 Å². The Balaban J connectivity index is 2.13. The Labute approximate surface area is 184 Å². The van der Waals surface area contributed by atoms with Crippen LogP contribution in [0.3, 0.4) is 0 Å². The second kappa shape index (κ2) is 10.1. The third-order valence-corrected chi connectivity index (χ3v) is 7.05. The Bertz CT molecular complexity index is 1020. The molecule has 0 aromatic heterocycles. The molecule has 0 heterocycles. The first-order valence-electron chi connectivity index (χ1n) is 9.11. The maximum absolute atomic E-state index is 13.0. The van der Waals surface area contributed by atoms with Gasteiger partial charge >= 0.3 is 5.97 Å². The van der Waals surface area contributed by atoms with Crippen LogP contribution in [0.15, 0.2) is 53.4 Å². The van der Waals surface area contributed by atoms with Crippen molar-refractivity contribution in [2.75, 3.05) is 5.75 Å². The molecule has 0 bridgehead atoms. The summed E-state index contributed by atoms with van der Waals surface area (Å²) in [4.78, 5) is 22.5. The maximum atomic E-state index is 13.0. The van der Waals surface area contributed by atoms with Gasteiger partial charge in [0.1, 0.15) is 23.4 Å². The monoisotopic (exact) mass is 470 g/mol. The van der Waals surface area contributed by atoms with Crippen LogP contribution in [-0.2, 0) is 19.6 Å². The first kappa shape index (κ1) is 24.6. The highest BCUT2D eigenvalue weighted by molar-refractivity contribution is 8.00. The largest absolute Gasteiger partial charge is 0.480 e. The zero-order chi connectivity index (χ0) is 23.2. The molecule has 0 aliphatic carbocycles. The fourth-order valence-corrected chi connectivity index (χ4v) is 5.10. The van der Waals surface area contributed by atoms with E-state index < -0.39 is 38.5 Å². The third-order valence-electron chi connectivity index (χ3n) is 4.22. The summed E-state index contributed by atoms with van der Waals surface area (Å²) in [6, 6.07) is 9.21. The van der Waals surface area contributed by atoms with Gasteiger partial charge < -0.3 is 15.6 Å². The van der Waals surface area contributed by atoms with Crippen LogP contribution in [0, 0.1) is 5.82 Å². The summed E-state index contributed by atoms with van der Waals surface area (Å²) in [6.07, 6.45) is 0.0443. The number of nitrogens with one attached hydrogen (secondary N) is 1. The summed E-state index contributed by atoms with van der Waals surface area (Å²) in [5.74, 6) is -1.35. The number of rotatable bonds is 11. The fraction of sp³-hybridized carbons (Fsp3) is 0.300. The highest BCUT2D eigenvalue weighted by atomic mass is 32.2. The van der Waals surface area contributed by atoms with Gasteiger partial charge in [-0.1, -0.05) is 0 Å². The number of thioether (sulfide) groups is 1. The summed E-state index contributed by atoms with van der Waals surface area (Å²) >= 11 is 1.13. The van der Waals surface area contributed by atoms with Crippen molar-refractivity contribution in [2.45, 2.75) is 36.0 Å². The molecular weight excluding hydrogens is 447 g/mol. The Morgan fingerprint density at radius 2 is 1.65 bits per heavy atom. The van der Waals surface area contributed by atoms with Gasteiger partial charge in [-0.3, -0.25) is 9.59 Å². The molecule has 0 aliphatic heterocycles. The third kappa shape index (κ3) is 7.23. The molecule has 1 atom stereocenters. The van der Waals surface area contributed by atoms with Crippen molar-refractivity contribution in [1.29, 1.82) is 0 Å². The van der Waals surface area contributed by atoms with Gasteiger partial charge in [-0.2, -0.15) is 16.5 Å². The average molecular weight is 471 g/mol. The SMILES string of the molecule is CC(C)(SCCC(N)=O)[C@@H](NS(=O)(=O)c1ccc(Oc2ccc(F)cc2)cc1)C(=O)O. The van der Waals surface area contributed by atoms with Gasteiger partial charge in [-0.15, -0.1) is 0 Å². The van der Waals surface area contributed by atoms with E-state index in [0.29, 0.717) is 11.5 Å². The number of aliphatic carboxylic acids is 1. The van der Waals surface area contributed by atoms with E-state index >= 15 is 0 Å². The number of benzene rings is 2. The predicted octanol–water partition coefficient (Wildman–Crippen LogP) is 2.74. The Hall–Kier alpha value is -2.63. The van der Waals surface area contributed by atoms with Crippen LogP contribution in [0.5, 0.6) is 11.5 Å². The topological polar surface area (TPSA) is 136 Å². The number of ether oxygens (including phenoxy) is 1. The van der Waals surface area contributed by atoms with E-state index in [1.54, 1.807) is 13.8 Å². The molecule has 31 heavy (non-hydrogen) atoms. The number of halogens is 1. The van der Waals surface area contributed by atoms with Crippen molar-refractivity contribution in [3.63, 3.8) is 0 Å². The molecule has 0 aliphatic rings. The molecule has 1 amide bonds. The Kier molecular flexibility index (Phi) is 8.04. The number of carbonyl (C=O) groups is 2. The fourth-order valence-electron chi connectivity index (χ4n) is 2.54. The number of carbonyl (C=O) groups excluding carboxylic acids is 1. The molecule has 0 spiro atoms. The van der Waals surface area contributed by atoms with Crippen LogP contribution < -0.4 is 15.2 Å². The number of primary amides is 1. The minimum absolute atomic E-state index is 0.0443. The molecule has 168 valence electrons. The minimum Gasteiger partial charge on any atom is -0.480 e. The van der Waals surface area contributed by atoms with E-state index in [1.165, 1.54) is 48.5 Å². The lowest BCUT2D eigenvalue weighted by atomic mass is 10.1. The van der Waals surface area contributed by atoms with Gasteiger partial charge in [-0.05, 0) is 62.4 Å². The summed E-state index contributed by atoms with van der Waals surface area (Å²) < 4.78 is 45.1. The molecule has 0 radical (unpaired) electrons. The molecule has 2 aromatic carbocycles. The van der Waals surface area contributed by atoms with Gasteiger partial charge in [0.15, 0.2) is 0 Å². The van der Waals surface area contributed by atoms with Gasteiger partial charge in [0.05, 0.1) is 4.90 Å². The summed E-state index contributed by atoms with van der Waals surface area (Å²) in [5, 5.41) is 9.58. The lowest BCUT2D eigenvalue weighted by Crippen LogP contribution is -2.52. The van der Waals surface area contributed by atoms with Crippen LogP contribution in [0.4, 0.5) is 4.39 Å². The first-order valence-corrected chi connectivity index (χ1v) is 11.6. The number of carboxylic acid groups (broad SMARTS) is 1. The quantitative estimate of drug-likeness (QED) is 0.459. The first-order chi connectivity index (χ1) is 14.4. The van der Waals surface area contributed by atoms with Crippen LogP contribution in [-0.4, -0.2) is 41.9 Å². The van der Waals surface area contributed by atoms with Gasteiger partial charge in [0.25, 0.3) is 0 Å². The standard InChI is InChI=1S/C20H23FN2O6S2/c1-20(2,30-12-11-17(22)24)18(19(25)26)23-31(27,28)16-9-7-15(8-10-16)29-14-5-3-13(21)4-6-14/h3-10,18,23H,11-12H2,1-2H3,(H2,22,24)(H,25,26)/t18-/m0/s1. The number of sulfonamides is 1. The number of hydrogen-bond acceptors (Lipinski definition) is 6. The van der Waals surface area contributed by atoms with Crippen LogP contribution in [0.2, 0.25) is 0 Å². The second-order valence-corrected chi connectivity index (χ2v) is 10.6. The molecule has 2 rings (SSSR count). The Morgan fingerprint density at radius 1 is 1.13 bits per heavy atom. The van der Waals surface area contributed by atoms with E-state index in [-0.39, 0.29) is 17.1 Å². The zero-order valence-corrected chi connectivity index (χ0v) is 18.5. The van der Waals surface area contributed by atoms with E-state index in [9.17, 15) is 27.5 Å². The lowest BCUT2D eigenvalue weighted by Gasteiger charge is -2.31. The molecule has 11 heteroatoms. The predicted molar refractivity (Wildman–Crippen MR) is 115 cm³/mol. The van der Waals surface area contributed by atoms with E-state index in [1.807, 2.05) is 0 Å². The van der Waals surface area contributed by atoms with Crippen LogP contribution in [0.1, 0.15) is 20.3 Å². The molecular formula is C20H23FN2O6S2. The number of hydrogen-bond donors (Lipinski definition) is 3. The average Bonchev–Trinajstić information content (AvgIpc) is 2.67. The second-order valence-electron chi connectivity index (χ2n) is 7.09. The highest BCUT2D eigenvalue weighted by Gasteiger charge is 2.39. The van der Waals surface area contributed by atoms with Crippen molar-refractivity contribution in [2.24, 2.45) is 5.73 Å². The number of nitrogens with two attached hydrogens (primary N) is 1. The molecule has 0 fully saturated rings. The summed E-state index contributed by atoms with van der Waals surface area (Å²) in [6.45, 7) is 3.14. The summed E-state index contributed by atoms with van der Waals surface area (Å²) in [5.41, 5.74) is 5.10.